The van der Waals surface area contributed by atoms with Crippen molar-refractivity contribution in [2.45, 2.75) is 31.8 Å². The number of hydrogen-bond acceptors (Lipinski definition) is 6. The van der Waals surface area contributed by atoms with Crippen molar-refractivity contribution in [2.75, 3.05) is 19.5 Å². The SMILES string of the molecule is COc1cc(OC)c(C(=O)C2C3=C(CC(CCBr)(c4ccccc4)O3)C(=O)CC2C)c(O)c1Cl. The summed E-state index contributed by atoms with van der Waals surface area (Å²) in [6, 6.07) is 11.2. The van der Waals surface area contributed by atoms with Gasteiger partial charge in [-0.2, -0.15) is 0 Å². The normalized spacial score (nSPS) is 24.0. The number of benzene rings is 2. The van der Waals surface area contributed by atoms with Crippen LogP contribution in [0.4, 0.5) is 0 Å². The van der Waals surface area contributed by atoms with Crippen molar-refractivity contribution in [1.82, 2.24) is 0 Å². The molecule has 6 nitrogen and oxygen atoms in total. The van der Waals surface area contributed by atoms with E-state index in [9.17, 15) is 14.7 Å². The Balaban J connectivity index is 1.82. The lowest BCUT2D eigenvalue weighted by Gasteiger charge is -2.33. The third-order valence-corrected chi connectivity index (χ3v) is 7.46. The maximum absolute atomic E-state index is 13.9. The standard InChI is InChI=1S/C26H26BrClO6/c1-14-11-17(29)16-13-26(9-10-27,15-7-5-4-6-8-15)34-25(16)20(14)23(30)21-18(32-2)12-19(33-3)22(28)24(21)31/h4-8,12,14,20,31H,9-11,13H2,1-3H3. The predicted octanol–water partition coefficient (Wildman–Crippen LogP) is 5.83. The fourth-order valence-electron chi connectivity index (χ4n) is 4.98. The van der Waals surface area contributed by atoms with E-state index in [2.05, 4.69) is 15.9 Å². The predicted molar refractivity (Wildman–Crippen MR) is 132 cm³/mol. The smallest absolute Gasteiger partial charge is 0.181 e. The number of hydrogen-bond donors (Lipinski definition) is 1. The van der Waals surface area contributed by atoms with Crippen LogP contribution < -0.4 is 9.47 Å². The molecule has 8 heteroatoms. The van der Waals surface area contributed by atoms with E-state index >= 15 is 0 Å². The van der Waals surface area contributed by atoms with Crippen molar-refractivity contribution in [2.24, 2.45) is 11.8 Å². The van der Waals surface area contributed by atoms with Gasteiger partial charge in [0.15, 0.2) is 17.3 Å². The number of methoxy groups -OCH3 is 2. The second-order valence-corrected chi connectivity index (χ2v) is 9.86. The Morgan fingerprint density at radius 2 is 1.91 bits per heavy atom. The summed E-state index contributed by atoms with van der Waals surface area (Å²) < 4.78 is 17.2. The molecular formula is C26H26BrClO6. The van der Waals surface area contributed by atoms with Gasteiger partial charge in [0.05, 0.1) is 20.1 Å². The van der Waals surface area contributed by atoms with Crippen LogP contribution >= 0.6 is 27.5 Å². The zero-order chi connectivity index (χ0) is 24.6. The van der Waals surface area contributed by atoms with E-state index in [0.29, 0.717) is 29.5 Å². The van der Waals surface area contributed by atoms with Crippen LogP contribution in [0.3, 0.4) is 0 Å². The minimum absolute atomic E-state index is 0.0112. The highest BCUT2D eigenvalue weighted by Crippen LogP contribution is 2.53. The molecule has 0 amide bonds. The maximum atomic E-state index is 13.9. The molecule has 1 N–H and O–H groups in total. The first-order valence-electron chi connectivity index (χ1n) is 11.0. The Bertz CT molecular complexity index is 1160. The van der Waals surface area contributed by atoms with Gasteiger partial charge in [0, 0.05) is 36.2 Å². The highest BCUT2D eigenvalue weighted by molar-refractivity contribution is 9.09. The second kappa shape index (κ2) is 9.62. The van der Waals surface area contributed by atoms with Crippen molar-refractivity contribution in [3.8, 4) is 17.2 Å². The topological polar surface area (TPSA) is 82.1 Å². The minimum atomic E-state index is -0.766. The Morgan fingerprint density at radius 1 is 1.24 bits per heavy atom. The van der Waals surface area contributed by atoms with E-state index in [-0.39, 0.29) is 40.2 Å². The van der Waals surface area contributed by atoms with E-state index in [1.165, 1.54) is 20.3 Å². The first-order valence-corrected chi connectivity index (χ1v) is 12.5. The van der Waals surface area contributed by atoms with Gasteiger partial charge in [-0.25, -0.2) is 0 Å². The lowest BCUT2D eigenvalue weighted by atomic mass is 9.74. The van der Waals surface area contributed by atoms with Crippen molar-refractivity contribution >= 4 is 39.1 Å². The molecule has 1 heterocycles. The molecule has 2 aliphatic rings. The summed E-state index contributed by atoms with van der Waals surface area (Å²) in [7, 11) is 2.81. The summed E-state index contributed by atoms with van der Waals surface area (Å²) in [6.07, 6.45) is 1.22. The number of aromatic hydroxyl groups is 1. The molecule has 3 unspecified atom stereocenters. The molecule has 0 saturated carbocycles. The Labute approximate surface area is 212 Å². The second-order valence-electron chi connectivity index (χ2n) is 8.69. The first-order chi connectivity index (χ1) is 16.3. The molecule has 180 valence electrons. The van der Waals surface area contributed by atoms with Gasteiger partial charge in [-0.15, -0.1) is 0 Å². The summed E-state index contributed by atoms with van der Waals surface area (Å²) >= 11 is 9.78. The molecule has 3 atom stereocenters. The quantitative estimate of drug-likeness (QED) is 0.346. The number of halogens is 2. The lowest BCUT2D eigenvalue weighted by molar-refractivity contribution is -0.117. The monoisotopic (exact) mass is 548 g/mol. The number of Topliss-reactive ketones (excluding diaryl/α,β-unsaturated/α-hetero) is 2. The van der Waals surface area contributed by atoms with Gasteiger partial charge in [-0.05, 0) is 11.5 Å². The van der Waals surface area contributed by atoms with Gasteiger partial charge in [0.2, 0.25) is 0 Å². The number of rotatable bonds is 7. The van der Waals surface area contributed by atoms with Gasteiger partial charge in [-0.1, -0.05) is 64.8 Å². The van der Waals surface area contributed by atoms with Gasteiger partial charge >= 0.3 is 0 Å². The number of allylic oxidation sites excluding steroid dienone is 1. The molecule has 2 aromatic carbocycles. The average Bonchev–Trinajstić information content (AvgIpc) is 3.22. The van der Waals surface area contributed by atoms with E-state index in [1.54, 1.807) is 0 Å². The maximum Gasteiger partial charge on any atom is 0.181 e. The zero-order valence-corrected chi connectivity index (χ0v) is 21.5. The summed E-state index contributed by atoms with van der Waals surface area (Å²) in [6.45, 7) is 1.84. The molecule has 1 aliphatic carbocycles. The third-order valence-electron chi connectivity index (χ3n) is 6.70. The molecule has 2 aromatic rings. The van der Waals surface area contributed by atoms with Gasteiger partial charge < -0.3 is 19.3 Å². The van der Waals surface area contributed by atoms with E-state index in [0.717, 1.165) is 5.56 Å². The fraction of sp³-hybridized carbons (Fsp3) is 0.385. The van der Waals surface area contributed by atoms with Crippen LogP contribution in [0.1, 0.15) is 42.1 Å². The Morgan fingerprint density at radius 3 is 2.53 bits per heavy atom. The van der Waals surface area contributed by atoms with Crippen molar-refractivity contribution in [1.29, 1.82) is 0 Å². The van der Waals surface area contributed by atoms with Crippen LogP contribution in [-0.2, 0) is 15.1 Å². The van der Waals surface area contributed by atoms with Crippen molar-refractivity contribution in [3.63, 3.8) is 0 Å². The molecule has 0 spiro atoms. The molecule has 1 aliphatic heterocycles. The molecule has 0 fully saturated rings. The molecule has 4 rings (SSSR count). The number of ether oxygens (including phenoxy) is 3. The highest BCUT2D eigenvalue weighted by atomic mass is 79.9. The molecule has 0 radical (unpaired) electrons. The van der Waals surface area contributed by atoms with E-state index in [1.807, 2.05) is 37.3 Å². The minimum Gasteiger partial charge on any atom is -0.505 e. The average molecular weight is 550 g/mol. The summed E-state index contributed by atoms with van der Waals surface area (Å²) in [4.78, 5) is 27.0. The number of alkyl halides is 1. The largest absolute Gasteiger partial charge is 0.505 e. The molecule has 0 bridgehead atoms. The number of phenols is 1. The Hall–Kier alpha value is -2.51. The van der Waals surface area contributed by atoms with Crippen molar-refractivity contribution in [3.05, 3.63) is 63.9 Å². The number of ketones is 2. The summed E-state index contributed by atoms with van der Waals surface area (Å²) in [5.74, 6) is -1.22. The molecule has 0 aromatic heterocycles. The number of phenolic OH excluding ortho intramolecular Hbond substituents is 1. The van der Waals surface area contributed by atoms with Crippen LogP contribution in [0, 0.1) is 11.8 Å². The number of carbonyl (C=O) groups is 2. The zero-order valence-electron chi connectivity index (χ0n) is 19.2. The molecular weight excluding hydrogens is 524 g/mol. The first kappa shape index (κ1) is 24.6. The van der Waals surface area contributed by atoms with E-state index < -0.39 is 23.1 Å². The summed E-state index contributed by atoms with van der Waals surface area (Å²) in [5.41, 5.74) is 0.688. The van der Waals surface area contributed by atoms with Crippen LogP contribution in [0.25, 0.3) is 0 Å². The third kappa shape index (κ3) is 3.99. The van der Waals surface area contributed by atoms with Gasteiger partial charge in [0.1, 0.15) is 33.4 Å². The fourth-order valence-corrected chi connectivity index (χ4v) is 5.84. The number of carbonyl (C=O) groups excluding carboxylic acids is 2. The van der Waals surface area contributed by atoms with Gasteiger partial charge in [0.25, 0.3) is 0 Å². The van der Waals surface area contributed by atoms with Gasteiger partial charge in [-0.3, -0.25) is 9.59 Å². The van der Waals surface area contributed by atoms with E-state index in [4.69, 9.17) is 25.8 Å². The molecule has 0 saturated heterocycles. The van der Waals surface area contributed by atoms with Crippen LogP contribution in [0.5, 0.6) is 17.2 Å². The van der Waals surface area contributed by atoms with Crippen LogP contribution in [0.15, 0.2) is 47.7 Å². The van der Waals surface area contributed by atoms with Crippen LogP contribution in [0.2, 0.25) is 5.02 Å². The summed E-state index contributed by atoms with van der Waals surface area (Å²) in [5, 5.41) is 11.4. The van der Waals surface area contributed by atoms with Crippen molar-refractivity contribution < 1.29 is 28.9 Å². The lowest BCUT2D eigenvalue weighted by Crippen LogP contribution is -2.32. The molecule has 34 heavy (non-hydrogen) atoms. The van der Waals surface area contributed by atoms with Crippen LogP contribution in [-0.4, -0.2) is 36.2 Å². The Kier molecular flexibility index (Phi) is 6.97. The highest BCUT2D eigenvalue weighted by Gasteiger charge is 2.51.